The number of rotatable bonds is 19. The van der Waals surface area contributed by atoms with E-state index in [1.54, 1.807) is 23.8 Å². The Labute approximate surface area is 284 Å². The maximum Gasteiger partial charge on any atom is 0.327 e. The van der Waals surface area contributed by atoms with Crippen LogP contribution in [0.25, 0.3) is 5.52 Å². The average Bonchev–Trinajstić information content (AvgIpc) is 3.39. The molecule has 258 valence electrons. The second-order valence-corrected chi connectivity index (χ2v) is 13.7. The highest BCUT2D eigenvalue weighted by atomic mass is 32.2. The molecule has 2 aromatic carbocycles. The van der Waals surface area contributed by atoms with E-state index in [-0.39, 0.29) is 29.6 Å². The number of nitrogens with zero attached hydrogens (tertiary/aromatic N) is 3. The van der Waals surface area contributed by atoms with Gasteiger partial charge in [0.05, 0.1) is 31.2 Å². The van der Waals surface area contributed by atoms with Gasteiger partial charge in [0.2, 0.25) is 15.8 Å². The highest BCUT2D eigenvalue weighted by molar-refractivity contribution is 7.92. The van der Waals surface area contributed by atoms with Gasteiger partial charge in [-0.25, -0.2) is 8.42 Å². The summed E-state index contributed by atoms with van der Waals surface area (Å²) >= 11 is 0. The Kier molecular flexibility index (Phi) is 13.0. The summed E-state index contributed by atoms with van der Waals surface area (Å²) in [4.78, 5) is 29.3. The number of hydrogen-bond donors (Lipinski definition) is 0. The Bertz CT molecular complexity index is 1780. The van der Waals surface area contributed by atoms with Crippen LogP contribution in [-0.4, -0.2) is 75.6 Å². The lowest BCUT2D eigenvalue weighted by Crippen LogP contribution is -2.41. The summed E-state index contributed by atoms with van der Waals surface area (Å²) in [5.74, 6) is -0.465. The van der Waals surface area contributed by atoms with Crippen molar-refractivity contribution in [2.24, 2.45) is 0 Å². The van der Waals surface area contributed by atoms with Gasteiger partial charge in [0.25, 0.3) is 0 Å². The first-order chi connectivity index (χ1) is 23.1. The van der Waals surface area contributed by atoms with Crippen LogP contribution in [0.5, 0.6) is 11.5 Å². The van der Waals surface area contributed by atoms with Crippen LogP contribution in [0.15, 0.2) is 72.9 Å². The second kappa shape index (κ2) is 17.2. The molecule has 10 nitrogen and oxygen atoms in total. The smallest absolute Gasteiger partial charge is 0.327 e. The van der Waals surface area contributed by atoms with Gasteiger partial charge in [-0.2, -0.15) is 0 Å². The number of benzene rings is 2. The van der Waals surface area contributed by atoms with Crippen molar-refractivity contribution in [1.82, 2.24) is 9.30 Å². The van der Waals surface area contributed by atoms with Gasteiger partial charge in [-0.05, 0) is 68.8 Å². The van der Waals surface area contributed by atoms with E-state index in [1.165, 1.54) is 19.2 Å². The van der Waals surface area contributed by atoms with Gasteiger partial charge in [0, 0.05) is 23.9 Å². The Morgan fingerprint density at radius 2 is 1.54 bits per heavy atom. The summed E-state index contributed by atoms with van der Waals surface area (Å²) in [5.41, 5.74) is 3.08. The molecule has 0 N–H and O–H groups in total. The van der Waals surface area contributed by atoms with Gasteiger partial charge in [-0.1, -0.05) is 63.1 Å². The molecule has 11 heteroatoms. The maximum atomic E-state index is 14.1. The number of carbonyl (C=O) groups excluding carboxylic acids is 2. The molecule has 0 saturated carbocycles. The van der Waals surface area contributed by atoms with Crippen LogP contribution in [0, 0.1) is 6.92 Å². The maximum absolute atomic E-state index is 14.1. The van der Waals surface area contributed by atoms with Gasteiger partial charge >= 0.3 is 5.97 Å². The molecular formula is C37H47N3O7S. The molecule has 0 atom stereocenters. The third-order valence-electron chi connectivity index (χ3n) is 8.33. The quantitative estimate of drug-likeness (QED) is 0.0844. The number of aromatic nitrogens is 1. The van der Waals surface area contributed by atoms with E-state index in [0.717, 1.165) is 54.2 Å². The lowest BCUT2D eigenvalue weighted by molar-refractivity contribution is -0.143. The topological polar surface area (TPSA) is 107 Å². The Hall–Kier alpha value is -4.35. The zero-order valence-corrected chi connectivity index (χ0v) is 29.4. The van der Waals surface area contributed by atoms with Crippen molar-refractivity contribution >= 4 is 33.0 Å². The average molecular weight is 678 g/mol. The van der Waals surface area contributed by atoms with E-state index in [9.17, 15) is 18.0 Å². The molecule has 0 unspecified atom stereocenters. The van der Waals surface area contributed by atoms with Crippen LogP contribution in [0.4, 0.5) is 5.69 Å². The molecule has 0 fully saturated rings. The number of anilines is 1. The van der Waals surface area contributed by atoms with Crippen molar-refractivity contribution in [2.75, 3.05) is 50.5 Å². The Balaban J connectivity index is 1.68. The highest BCUT2D eigenvalue weighted by Gasteiger charge is 2.30. The molecule has 0 aliphatic rings. The predicted molar refractivity (Wildman–Crippen MR) is 189 cm³/mol. The number of carbonyl (C=O) groups is 2. The van der Waals surface area contributed by atoms with E-state index < -0.39 is 22.5 Å². The van der Waals surface area contributed by atoms with E-state index >= 15 is 0 Å². The number of ether oxygens (including phenoxy) is 3. The van der Waals surface area contributed by atoms with Gasteiger partial charge in [0.1, 0.15) is 30.3 Å². The zero-order valence-electron chi connectivity index (χ0n) is 28.6. The first-order valence-corrected chi connectivity index (χ1v) is 18.0. The lowest BCUT2D eigenvalue weighted by atomic mass is 10.0. The molecular weight excluding hydrogens is 630 g/mol. The summed E-state index contributed by atoms with van der Waals surface area (Å²) in [6, 6.07) is 19.4. The minimum atomic E-state index is -4.05. The van der Waals surface area contributed by atoms with Crippen LogP contribution < -0.4 is 13.8 Å². The molecule has 0 saturated heterocycles. The van der Waals surface area contributed by atoms with Gasteiger partial charge in [0.15, 0.2) is 0 Å². The Morgan fingerprint density at radius 3 is 2.19 bits per heavy atom. The largest absolute Gasteiger partial charge is 0.495 e. The molecule has 0 aliphatic carbocycles. The van der Waals surface area contributed by atoms with Crippen molar-refractivity contribution in [2.45, 2.75) is 53.1 Å². The number of fused-ring (bicyclic) bond motifs is 1. The van der Waals surface area contributed by atoms with Crippen LogP contribution in [0.2, 0.25) is 0 Å². The SMILES string of the molecule is CCCCN(CCCC)CCS(=O)(=O)N(CC(=O)OCc1ccccc1)c1ccc(C(=O)c2c(C)c(OC)c3ccccn23)cc1OC. The monoisotopic (exact) mass is 677 g/mol. The summed E-state index contributed by atoms with van der Waals surface area (Å²) in [5, 5.41) is 0. The molecule has 0 spiro atoms. The van der Waals surface area contributed by atoms with Crippen molar-refractivity contribution in [1.29, 1.82) is 0 Å². The van der Waals surface area contributed by atoms with Gasteiger partial charge < -0.3 is 23.5 Å². The van der Waals surface area contributed by atoms with E-state index in [0.29, 0.717) is 29.1 Å². The molecule has 2 aromatic heterocycles. The van der Waals surface area contributed by atoms with Crippen molar-refractivity contribution in [3.05, 3.63) is 95.3 Å². The number of unbranched alkanes of at least 4 members (excludes halogenated alkanes) is 2. The third kappa shape index (κ3) is 8.76. The molecule has 4 rings (SSSR count). The fraction of sp³-hybridized carbons (Fsp3) is 0.405. The molecule has 4 aromatic rings. The molecule has 0 bridgehead atoms. The van der Waals surface area contributed by atoms with Crippen molar-refractivity contribution in [3.8, 4) is 11.5 Å². The third-order valence-corrected chi connectivity index (χ3v) is 10.0. The minimum Gasteiger partial charge on any atom is -0.495 e. The number of hydrogen-bond acceptors (Lipinski definition) is 8. The molecule has 0 radical (unpaired) electrons. The van der Waals surface area contributed by atoms with Gasteiger partial charge in [-0.15, -0.1) is 0 Å². The fourth-order valence-corrected chi connectivity index (χ4v) is 7.15. The number of sulfonamides is 1. The normalized spacial score (nSPS) is 11.5. The zero-order chi connectivity index (χ0) is 34.7. The van der Waals surface area contributed by atoms with E-state index in [1.807, 2.05) is 55.5 Å². The lowest BCUT2D eigenvalue weighted by Gasteiger charge is -2.28. The van der Waals surface area contributed by atoms with Gasteiger partial charge in [-0.3, -0.25) is 13.9 Å². The van der Waals surface area contributed by atoms with E-state index in [2.05, 4.69) is 18.7 Å². The van der Waals surface area contributed by atoms with Crippen LogP contribution in [0.1, 0.15) is 66.7 Å². The predicted octanol–water partition coefficient (Wildman–Crippen LogP) is 6.28. The number of ketones is 1. The summed E-state index contributed by atoms with van der Waals surface area (Å²) in [6.07, 6.45) is 5.73. The second-order valence-electron chi connectivity index (χ2n) is 11.7. The highest BCUT2D eigenvalue weighted by Crippen LogP contribution is 2.35. The Morgan fingerprint density at radius 1 is 0.854 bits per heavy atom. The van der Waals surface area contributed by atoms with Crippen molar-refractivity contribution in [3.63, 3.8) is 0 Å². The molecule has 48 heavy (non-hydrogen) atoms. The minimum absolute atomic E-state index is 0.00797. The van der Waals surface area contributed by atoms with Crippen LogP contribution in [-0.2, 0) is 26.2 Å². The molecule has 2 heterocycles. The van der Waals surface area contributed by atoms with Crippen LogP contribution >= 0.6 is 0 Å². The number of pyridine rings is 1. The first kappa shape index (κ1) is 36.5. The summed E-state index contributed by atoms with van der Waals surface area (Å²) in [7, 11) is -1.08. The fourth-order valence-electron chi connectivity index (χ4n) is 5.69. The first-order valence-electron chi connectivity index (χ1n) is 16.4. The van der Waals surface area contributed by atoms with E-state index in [4.69, 9.17) is 14.2 Å². The number of methoxy groups -OCH3 is 2. The molecule has 0 aliphatic heterocycles. The standard InChI is InChI=1S/C37H47N3O7S/c1-6-8-20-38(21-9-7-2)23-24-48(43,44)40(26-34(41)47-27-29-15-11-10-12-16-29)31-19-18-30(25-33(31)45-4)36(42)35-28(3)37(46-5)32-17-13-14-22-39(32)35/h10-19,22,25H,6-9,20-21,23-24,26-27H2,1-5H3. The van der Waals surface area contributed by atoms with Crippen molar-refractivity contribution < 1.29 is 32.2 Å². The summed E-state index contributed by atoms with van der Waals surface area (Å²) in [6.45, 7) is 7.40. The summed E-state index contributed by atoms with van der Waals surface area (Å²) < 4.78 is 47.8. The molecule has 0 amide bonds. The van der Waals surface area contributed by atoms with Crippen LogP contribution in [0.3, 0.4) is 0 Å². The number of esters is 1.